The number of alkyl halides is 3. The van der Waals surface area contributed by atoms with Gasteiger partial charge in [-0.05, 0) is 67.7 Å². The fourth-order valence-corrected chi connectivity index (χ4v) is 3.88. The molecule has 1 aliphatic rings. The number of benzene rings is 2. The van der Waals surface area contributed by atoms with Crippen LogP contribution < -0.4 is 10.1 Å². The van der Waals surface area contributed by atoms with Gasteiger partial charge in [0.15, 0.2) is 0 Å². The van der Waals surface area contributed by atoms with E-state index >= 15 is 0 Å². The van der Waals surface area contributed by atoms with Gasteiger partial charge in [0.2, 0.25) is 0 Å². The summed E-state index contributed by atoms with van der Waals surface area (Å²) in [6.07, 6.45) is -1.84. The lowest BCUT2D eigenvalue weighted by molar-refractivity contribution is -0.137. The van der Waals surface area contributed by atoms with Crippen LogP contribution in [-0.2, 0) is 19.0 Å². The van der Waals surface area contributed by atoms with Gasteiger partial charge in [-0.3, -0.25) is 5.32 Å². The monoisotopic (exact) mass is 422 g/mol. The Morgan fingerprint density at radius 2 is 1.53 bits per heavy atom. The molecule has 1 saturated heterocycles. The van der Waals surface area contributed by atoms with Crippen molar-refractivity contribution < 1.29 is 23.0 Å². The number of aliphatic hydroxyl groups is 1. The Morgan fingerprint density at radius 3 is 2.10 bits per heavy atom. The second kappa shape index (κ2) is 10.3. The number of halogens is 3. The summed E-state index contributed by atoms with van der Waals surface area (Å²) in [5, 5.41) is 13.8. The first-order valence-electron chi connectivity index (χ1n) is 10.3. The predicted octanol–water partition coefficient (Wildman–Crippen LogP) is 3.87. The van der Waals surface area contributed by atoms with Crippen molar-refractivity contribution in [3.8, 4) is 5.75 Å². The molecule has 2 N–H and O–H groups in total. The van der Waals surface area contributed by atoms with Gasteiger partial charge in [0.1, 0.15) is 12.0 Å². The number of ether oxygens (including phenoxy) is 1. The van der Waals surface area contributed by atoms with Gasteiger partial charge in [-0.25, -0.2) is 0 Å². The van der Waals surface area contributed by atoms with Crippen molar-refractivity contribution in [1.82, 2.24) is 10.2 Å². The fourth-order valence-electron chi connectivity index (χ4n) is 3.88. The third-order valence-electron chi connectivity index (χ3n) is 5.46. The number of nitrogens with one attached hydrogen (secondary N) is 1. The standard InChI is InChI=1S/C23H29F3N2O2/c1-30-21-10-6-17(7-11-21)14-20(16-28-12-2-3-13-28)27-22(29)15-18-4-8-19(9-5-18)23(24,25)26/h4-11,20,22,27,29H,2-3,12-16H2,1H3/t20-,22?/m0/s1. The Hall–Kier alpha value is -2.09. The Kier molecular flexibility index (Phi) is 7.75. The van der Waals surface area contributed by atoms with Crippen LogP contribution in [0.15, 0.2) is 48.5 Å². The van der Waals surface area contributed by atoms with Crippen molar-refractivity contribution in [2.75, 3.05) is 26.7 Å². The molecule has 0 radical (unpaired) electrons. The van der Waals surface area contributed by atoms with Gasteiger partial charge < -0.3 is 14.7 Å². The van der Waals surface area contributed by atoms with E-state index in [1.54, 1.807) is 7.11 Å². The molecule has 2 atom stereocenters. The first-order chi connectivity index (χ1) is 14.3. The first-order valence-corrected chi connectivity index (χ1v) is 10.3. The number of hydrogen-bond donors (Lipinski definition) is 2. The van der Waals surface area contributed by atoms with E-state index in [9.17, 15) is 18.3 Å². The number of rotatable bonds is 9. The highest BCUT2D eigenvalue weighted by molar-refractivity contribution is 5.28. The molecule has 0 spiro atoms. The highest BCUT2D eigenvalue weighted by atomic mass is 19.4. The van der Waals surface area contributed by atoms with E-state index in [2.05, 4.69) is 10.2 Å². The summed E-state index contributed by atoms with van der Waals surface area (Å²) < 4.78 is 43.4. The van der Waals surface area contributed by atoms with E-state index in [4.69, 9.17) is 4.74 Å². The second-order valence-electron chi connectivity index (χ2n) is 7.84. The molecule has 1 fully saturated rings. The molecule has 2 aromatic rings. The molecule has 0 saturated carbocycles. The summed E-state index contributed by atoms with van der Waals surface area (Å²) in [7, 11) is 1.63. The number of likely N-dealkylation sites (tertiary alicyclic amines) is 1. The van der Waals surface area contributed by atoms with Gasteiger partial charge in [-0.1, -0.05) is 24.3 Å². The number of nitrogens with zero attached hydrogens (tertiary/aromatic N) is 1. The Balaban J connectivity index is 1.61. The molecule has 1 aliphatic heterocycles. The zero-order chi connectivity index (χ0) is 21.6. The second-order valence-corrected chi connectivity index (χ2v) is 7.84. The topological polar surface area (TPSA) is 44.7 Å². The molecule has 0 bridgehead atoms. The first kappa shape index (κ1) is 22.6. The van der Waals surface area contributed by atoms with E-state index in [1.807, 2.05) is 24.3 Å². The Morgan fingerprint density at radius 1 is 0.967 bits per heavy atom. The lowest BCUT2D eigenvalue weighted by Crippen LogP contribution is -2.47. The molecule has 1 unspecified atom stereocenters. The van der Waals surface area contributed by atoms with Crippen LogP contribution in [0.1, 0.15) is 29.5 Å². The van der Waals surface area contributed by atoms with Crippen LogP contribution in [0.5, 0.6) is 5.75 Å². The van der Waals surface area contributed by atoms with Gasteiger partial charge in [0.05, 0.1) is 12.7 Å². The number of methoxy groups -OCH3 is 1. The molecule has 30 heavy (non-hydrogen) atoms. The van der Waals surface area contributed by atoms with Gasteiger partial charge in [0, 0.05) is 19.0 Å². The smallest absolute Gasteiger partial charge is 0.416 e. The fraction of sp³-hybridized carbons (Fsp3) is 0.478. The van der Waals surface area contributed by atoms with Crippen LogP contribution >= 0.6 is 0 Å². The quantitative estimate of drug-likeness (QED) is 0.603. The van der Waals surface area contributed by atoms with Crippen LogP contribution in [0.2, 0.25) is 0 Å². The number of aliphatic hydroxyl groups excluding tert-OH is 1. The molecule has 0 aromatic heterocycles. The highest BCUT2D eigenvalue weighted by Gasteiger charge is 2.30. The summed E-state index contributed by atoms with van der Waals surface area (Å²) in [6.45, 7) is 2.92. The lowest BCUT2D eigenvalue weighted by atomic mass is 10.0. The molecule has 164 valence electrons. The largest absolute Gasteiger partial charge is 0.497 e. The minimum absolute atomic E-state index is 0.0287. The lowest BCUT2D eigenvalue weighted by Gasteiger charge is -2.27. The average Bonchev–Trinajstić information content (AvgIpc) is 3.21. The van der Waals surface area contributed by atoms with Crippen LogP contribution in [-0.4, -0.2) is 49.0 Å². The van der Waals surface area contributed by atoms with Crippen LogP contribution in [0.3, 0.4) is 0 Å². The van der Waals surface area contributed by atoms with Crippen molar-refractivity contribution in [3.63, 3.8) is 0 Å². The van der Waals surface area contributed by atoms with E-state index in [-0.39, 0.29) is 12.5 Å². The summed E-state index contributed by atoms with van der Waals surface area (Å²) in [4.78, 5) is 2.38. The van der Waals surface area contributed by atoms with E-state index in [0.717, 1.165) is 49.5 Å². The van der Waals surface area contributed by atoms with Crippen molar-refractivity contribution >= 4 is 0 Å². The van der Waals surface area contributed by atoms with Gasteiger partial charge in [0.25, 0.3) is 0 Å². The Bertz CT molecular complexity index is 773. The van der Waals surface area contributed by atoms with Gasteiger partial charge in [-0.2, -0.15) is 13.2 Å². The summed E-state index contributed by atoms with van der Waals surface area (Å²) in [5.41, 5.74) is 1.11. The number of hydrogen-bond acceptors (Lipinski definition) is 4. The van der Waals surface area contributed by atoms with E-state index in [1.165, 1.54) is 25.0 Å². The SMILES string of the molecule is COc1ccc(C[C@@H](CN2CCCC2)NC(O)Cc2ccc(C(F)(F)F)cc2)cc1. The molecular weight excluding hydrogens is 393 g/mol. The Labute approximate surface area is 175 Å². The average molecular weight is 422 g/mol. The van der Waals surface area contributed by atoms with Gasteiger partial charge >= 0.3 is 6.18 Å². The third kappa shape index (κ3) is 6.72. The molecule has 4 nitrogen and oxygen atoms in total. The molecular formula is C23H29F3N2O2. The summed E-state index contributed by atoms with van der Waals surface area (Å²) >= 11 is 0. The maximum Gasteiger partial charge on any atom is 0.416 e. The normalized spacial score (nSPS) is 17.1. The summed E-state index contributed by atoms with van der Waals surface area (Å²) in [6, 6.07) is 12.9. The van der Waals surface area contributed by atoms with Crippen LogP contribution in [0.25, 0.3) is 0 Å². The highest BCUT2D eigenvalue weighted by Crippen LogP contribution is 2.29. The van der Waals surface area contributed by atoms with Crippen LogP contribution in [0, 0.1) is 0 Å². The maximum atomic E-state index is 12.7. The third-order valence-corrected chi connectivity index (χ3v) is 5.46. The zero-order valence-corrected chi connectivity index (χ0v) is 17.2. The molecule has 0 aliphatic carbocycles. The zero-order valence-electron chi connectivity index (χ0n) is 17.2. The minimum atomic E-state index is -4.35. The van der Waals surface area contributed by atoms with Gasteiger partial charge in [-0.15, -0.1) is 0 Å². The van der Waals surface area contributed by atoms with E-state index in [0.29, 0.717) is 5.56 Å². The van der Waals surface area contributed by atoms with Crippen molar-refractivity contribution in [2.45, 2.75) is 44.1 Å². The molecule has 3 rings (SSSR count). The molecule has 2 aromatic carbocycles. The maximum absolute atomic E-state index is 12.7. The van der Waals surface area contributed by atoms with Crippen molar-refractivity contribution in [3.05, 3.63) is 65.2 Å². The predicted molar refractivity (Wildman–Crippen MR) is 110 cm³/mol. The molecule has 1 heterocycles. The van der Waals surface area contributed by atoms with E-state index < -0.39 is 18.0 Å². The molecule has 0 amide bonds. The van der Waals surface area contributed by atoms with Crippen molar-refractivity contribution in [1.29, 1.82) is 0 Å². The summed E-state index contributed by atoms with van der Waals surface area (Å²) in [5.74, 6) is 0.796. The molecule has 7 heteroatoms. The van der Waals surface area contributed by atoms with Crippen LogP contribution in [0.4, 0.5) is 13.2 Å². The minimum Gasteiger partial charge on any atom is -0.497 e. The van der Waals surface area contributed by atoms with Crippen molar-refractivity contribution in [2.24, 2.45) is 0 Å².